The van der Waals surface area contributed by atoms with E-state index in [-0.39, 0.29) is 11.9 Å². The van der Waals surface area contributed by atoms with Gasteiger partial charge in [0.1, 0.15) is 0 Å². The predicted molar refractivity (Wildman–Crippen MR) is 85.6 cm³/mol. The summed E-state index contributed by atoms with van der Waals surface area (Å²) in [7, 11) is 0. The van der Waals surface area contributed by atoms with Crippen molar-refractivity contribution in [1.82, 2.24) is 10.3 Å². The number of hydrogen-bond acceptors (Lipinski definition) is 4. The Morgan fingerprint density at radius 3 is 2.48 bits per heavy atom. The van der Waals surface area contributed by atoms with Crippen LogP contribution in [-0.2, 0) is 17.6 Å². The van der Waals surface area contributed by atoms with E-state index < -0.39 is 12.1 Å². The van der Waals surface area contributed by atoms with Crippen LogP contribution in [0.1, 0.15) is 26.5 Å². The maximum Gasteiger partial charge on any atom is 0.490 e. The molecule has 2 heterocycles. The van der Waals surface area contributed by atoms with Crippen molar-refractivity contribution in [3.63, 3.8) is 0 Å². The van der Waals surface area contributed by atoms with Crippen LogP contribution in [0.3, 0.4) is 0 Å². The van der Waals surface area contributed by atoms with Crippen LogP contribution in [0, 0.1) is 6.92 Å². The van der Waals surface area contributed by atoms with Crippen LogP contribution in [0.4, 0.5) is 13.2 Å². The Bertz CT molecular complexity index is 736. The molecule has 0 spiro atoms. The molecule has 0 saturated carbocycles. The lowest BCUT2D eigenvalue weighted by Gasteiger charge is -2.12. The summed E-state index contributed by atoms with van der Waals surface area (Å²) < 4.78 is 31.7. The van der Waals surface area contributed by atoms with Gasteiger partial charge in [-0.05, 0) is 42.5 Å². The zero-order chi connectivity index (χ0) is 18.6. The third-order valence-electron chi connectivity index (χ3n) is 3.49. The van der Waals surface area contributed by atoms with Crippen LogP contribution in [-0.4, -0.2) is 34.2 Å². The number of aryl methyl sites for hydroxylation is 1. The third kappa shape index (κ3) is 5.28. The lowest BCUT2D eigenvalue weighted by molar-refractivity contribution is -0.192. The summed E-state index contributed by atoms with van der Waals surface area (Å²) in [6, 6.07) is 6.07. The van der Waals surface area contributed by atoms with Crippen molar-refractivity contribution in [1.29, 1.82) is 0 Å². The molecule has 1 unspecified atom stereocenters. The zero-order valence-corrected chi connectivity index (χ0v) is 13.9. The Hall–Kier alpha value is -2.42. The molecular weight excluding hydrogens is 357 g/mol. The molecule has 2 aromatic rings. The van der Waals surface area contributed by atoms with Crippen LogP contribution >= 0.6 is 11.3 Å². The molecule has 0 fully saturated rings. The molecule has 3 rings (SSSR count). The SMILES string of the molecule is Cc1ccc(C(=O)NC2Cc3ccsc3C2)cn1.O=C(O)C(F)(F)F. The van der Waals surface area contributed by atoms with E-state index in [0.29, 0.717) is 5.56 Å². The average Bonchev–Trinajstić information content (AvgIpc) is 3.08. The van der Waals surface area contributed by atoms with Gasteiger partial charge >= 0.3 is 12.1 Å². The molecule has 25 heavy (non-hydrogen) atoms. The minimum Gasteiger partial charge on any atom is -0.475 e. The van der Waals surface area contributed by atoms with E-state index in [1.54, 1.807) is 17.5 Å². The van der Waals surface area contributed by atoms with E-state index in [2.05, 4.69) is 21.7 Å². The number of carboxylic acids is 1. The van der Waals surface area contributed by atoms with Crippen molar-refractivity contribution in [3.8, 4) is 0 Å². The first-order valence-electron chi connectivity index (χ1n) is 7.25. The summed E-state index contributed by atoms with van der Waals surface area (Å²) in [5.74, 6) is -2.78. The summed E-state index contributed by atoms with van der Waals surface area (Å²) in [6.45, 7) is 1.91. The summed E-state index contributed by atoms with van der Waals surface area (Å²) in [6.07, 6.45) is -1.54. The molecule has 0 saturated heterocycles. The number of nitrogens with one attached hydrogen (secondary N) is 1. The van der Waals surface area contributed by atoms with Gasteiger partial charge in [0.15, 0.2) is 0 Å². The Kier molecular flexibility index (Phi) is 5.78. The molecule has 2 N–H and O–H groups in total. The number of carboxylic acid groups (broad SMARTS) is 1. The first kappa shape index (κ1) is 18.9. The van der Waals surface area contributed by atoms with Gasteiger partial charge in [-0.25, -0.2) is 4.79 Å². The molecule has 1 atom stereocenters. The van der Waals surface area contributed by atoms with E-state index in [0.717, 1.165) is 18.5 Å². The molecule has 0 radical (unpaired) electrons. The molecule has 2 aromatic heterocycles. The van der Waals surface area contributed by atoms with Crippen molar-refractivity contribution in [2.45, 2.75) is 32.0 Å². The molecule has 134 valence electrons. The minimum absolute atomic E-state index is 0.0253. The van der Waals surface area contributed by atoms with Crippen LogP contribution in [0.25, 0.3) is 0 Å². The fraction of sp³-hybridized carbons (Fsp3) is 0.312. The van der Waals surface area contributed by atoms with Crippen molar-refractivity contribution in [2.75, 3.05) is 0 Å². The van der Waals surface area contributed by atoms with Crippen LogP contribution in [0.15, 0.2) is 29.8 Å². The Labute approximate surface area is 145 Å². The molecule has 0 bridgehead atoms. The average molecular weight is 372 g/mol. The summed E-state index contributed by atoms with van der Waals surface area (Å²) in [5.41, 5.74) is 2.94. The fourth-order valence-electron chi connectivity index (χ4n) is 2.26. The lowest BCUT2D eigenvalue weighted by atomic mass is 10.2. The molecule has 5 nitrogen and oxygen atoms in total. The topological polar surface area (TPSA) is 79.3 Å². The number of amides is 1. The molecule has 1 aliphatic carbocycles. The maximum atomic E-state index is 12.0. The van der Waals surface area contributed by atoms with Gasteiger partial charge in [0.2, 0.25) is 0 Å². The molecule has 0 aliphatic heterocycles. The number of aliphatic carboxylic acids is 1. The quantitative estimate of drug-likeness (QED) is 0.849. The van der Waals surface area contributed by atoms with Gasteiger partial charge in [0, 0.05) is 29.2 Å². The molecule has 1 amide bonds. The standard InChI is InChI=1S/C14H14N2OS.C2HF3O2/c1-9-2-3-11(8-15-9)14(17)16-12-6-10-4-5-18-13(10)7-12;3-2(4,5)1(6)7/h2-5,8,12H,6-7H2,1H3,(H,16,17);(H,6,7). The van der Waals surface area contributed by atoms with Crippen molar-refractivity contribution >= 4 is 23.2 Å². The van der Waals surface area contributed by atoms with Gasteiger partial charge < -0.3 is 10.4 Å². The van der Waals surface area contributed by atoms with Crippen LogP contribution < -0.4 is 5.32 Å². The first-order valence-corrected chi connectivity index (χ1v) is 8.13. The summed E-state index contributed by atoms with van der Waals surface area (Å²) >= 11 is 1.78. The number of thiophene rings is 1. The van der Waals surface area contributed by atoms with Gasteiger partial charge in [0.25, 0.3) is 5.91 Å². The molecular formula is C16H15F3N2O3S. The van der Waals surface area contributed by atoms with Crippen LogP contribution in [0.5, 0.6) is 0 Å². The van der Waals surface area contributed by atoms with E-state index in [1.807, 2.05) is 19.1 Å². The predicted octanol–water partition coefficient (Wildman–Crippen LogP) is 2.98. The van der Waals surface area contributed by atoms with E-state index in [9.17, 15) is 18.0 Å². The van der Waals surface area contributed by atoms with Gasteiger partial charge in [-0.15, -0.1) is 11.3 Å². The summed E-state index contributed by atoms with van der Waals surface area (Å²) in [5, 5.41) is 12.3. The Balaban J connectivity index is 0.000000277. The third-order valence-corrected chi connectivity index (χ3v) is 4.47. The highest BCUT2D eigenvalue weighted by Gasteiger charge is 2.38. The number of hydrogen-bond donors (Lipinski definition) is 2. The largest absolute Gasteiger partial charge is 0.490 e. The number of alkyl halides is 3. The molecule has 1 aliphatic rings. The smallest absolute Gasteiger partial charge is 0.475 e. The highest BCUT2D eigenvalue weighted by atomic mass is 32.1. The van der Waals surface area contributed by atoms with E-state index in [1.165, 1.54) is 10.4 Å². The number of pyridine rings is 1. The first-order chi connectivity index (χ1) is 11.7. The number of fused-ring (bicyclic) bond motifs is 1. The summed E-state index contributed by atoms with van der Waals surface area (Å²) in [4.78, 5) is 26.5. The normalized spacial score (nSPS) is 15.8. The zero-order valence-electron chi connectivity index (χ0n) is 13.1. The second-order valence-corrected chi connectivity index (χ2v) is 6.44. The highest BCUT2D eigenvalue weighted by molar-refractivity contribution is 7.10. The van der Waals surface area contributed by atoms with Gasteiger partial charge in [-0.1, -0.05) is 0 Å². The molecule has 9 heteroatoms. The van der Waals surface area contributed by atoms with Crippen molar-refractivity contribution in [2.24, 2.45) is 0 Å². The van der Waals surface area contributed by atoms with Gasteiger partial charge in [0.05, 0.1) is 5.56 Å². The van der Waals surface area contributed by atoms with E-state index >= 15 is 0 Å². The Morgan fingerprint density at radius 1 is 1.28 bits per heavy atom. The minimum atomic E-state index is -5.08. The molecule has 0 aromatic carbocycles. The second-order valence-electron chi connectivity index (χ2n) is 5.44. The van der Waals surface area contributed by atoms with E-state index in [4.69, 9.17) is 9.90 Å². The number of carbonyl (C=O) groups is 2. The Morgan fingerprint density at radius 2 is 1.96 bits per heavy atom. The monoisotopic (exact) mass is 372 g/mol. The number of nitrogens with zero attached hydrogens (tertiary/aromatic N) is 1. The number of carbonyl (C=O) groups excluding carboxylic acids is 1. The van der Waals surface area contributed by atoms with Gasteiger partial charge in [-0.3, -0.25) is 9.78 Å². The van der Waals surface area contributed by atoms with Gasteiger partial charge in [-0.2, -0.15) is 13.2 Å². The number of halogens is 3. The maximum absolute atomic E-state index is 12.0. The lowest BCUT2D eigenvalue weighted by Crippen LogP contribution is -2.35. The van der Waals surface area contributed by atoms with Crippen molar-refractivity contribution in [3.05, 3.63) is 51.5 Å². The van der Waals surface area contributed by atoms with Crippen molar-refractivity contribution < 1.29 is 27.9 Å². The fourth-order valence-corrected chi connectivity index (χ4v) is 3.26. The highest BCUT2D eigenvalue weighted by Crippen LogP contribution is 2.27. The van der Waals surface area contributed by atoms with Crippen LogP contribution in [0.2, 0.25) is 0 Å². The second kappa shape index (κ2) is 7.64. The number of aromatic nitrogens is 1. The number of rotatable bonds is 2.